The minimum atomic E-state index is -0.306. The summed E-state index contributed by atoms with van der Waals surface area (Å²) in [5.41, 5.74) is 4.51. The number of benzene rings is 1. The van der Waals surface area contributed by atoms with Gasteiger partial charge < -0.3 is 4.90 Å². The zero-order valence-electron chi connectivity index (χ0n) is 15.0. The van der Waals surface area contributed by atoms with Gasteiger partial charge in [-0.2, -0.15) is 5.10 Å². The summed E-state index contributed by atoms with van der Waals surface area (Å²) in [6, 6.07) is 8.90. The van der Waals surface area contributed by atoms with Crippen molar-refractivity contribution in [1.29, 1.82) is 0 Å². The van der Waals surface area contributed by atoms with Crippen LogP contribution in [0.3, 0.4) is 0 Å². The number of carbonyl (C=O) groups is 1. The maximum atomic E-state index is 14.7. The van der Waals surface area contributed by atoms with Gasteiger partial charge in [0.15, 0.2) is 0 Å². The highest BCUT2D eigenvalue weighted by molar-refractivity contribution is 5.88. The predicted octanol–water partition coefficient (Wildman–Crippen LogP) is 3.59. The SMILES string of the molecule is C=CC(=O)N1CCn2nc(-c3ccc(C)cc3F)c(-c3ccncc3)c2C1. The second-order valence-corrected chi connectivity index (χ2v) is 6.58. The highest BCUT2D eigenvalue weighted by Gasteiger charge is 2.28. The second-order valence-electron chi connectivity index (χ2n) is 6.58. The lowest BCUT2D eigenvalue weighted by Gasteiger charge is -2.27. The van der Waals surface area contributed by atoms with E-state index < -0.39 is 0 Å². The summed E-state index contributed by atoms with van der Waals surface area (Å²) >= 11 is 0. The number of amides is 1. The molecule has 0 radical (unpaired) electrons. The third-order valence-electron chi connectivity index (χ3n) is 4.82. The van der Waals surface area contributed by atoms with E-state index in [0.717, 1.165) is 22.4 Å². The largest absolute Gasteiger partial charge is 0.331 e. The minimum Gasteiger partial charge on any atom is -0.331 e. The van der Waals surface area contributed by atoms with Gasteiger partial charge in [0, 0.05) is 30.1 Å². The van der Waals surface area contributed by atoms with Crippen molar-refractivity contribution in [2.75, 3.05) is 6.54 Å². The Kier molecular flexibility index (Phi) is 4.32. The summed E-state index contributed by atoms with van der Waals surface area (Å²) in [5.74, 6) is -0.425. The molecule has 0 bridgehead atoms. The number of carbonyl (C=O) groups excluding carboxylic acids is 1. The Morgan fingerprint density at radius 3 is 2.70 bits per heavy atom. The van der Waals surface area contributed by atoms with E-state index in [2.05, 4.69) is 11.6 Å². The summed E-state index contributed by atoms with van der Waals surface area (Å²) in [7, 11) is 0. The molecular weight excluding hydrogens is 343 g/mol. The third-order valence-corrected chi connectivity index (χ3v) is 4.82. The van der Waals surface area contributed by atoms with Crippen LogP contribution in [-0.4, -0.2) is 32.1 Å². The van der Waals surface area contributed by atoms with Gasteiger partial charge in [0.1, 0.15) is 11.5 Å². The number of hydrogen-bond donors (Lipinski definition) is 0. The van der Waals surface area contributed by atoms with E-state index in [1.165, 1.54) is 12.1 Å². The molecule has 2 aromatic heterocycles. The van der Waals surface area contributed by atoms with Crippen LogP contribution < -0.4 is 0 Å². The first-order valence-electron chi connectivity index (χ1n) is 8.76. The van der Waals surface area contributed by atoms with E-state index in [-0.39, 0.29) is 11.7 Å². The van der Waals surface area contributed by atoms with Crippen molar-refractivity contribution in [2.24, 2.45) is 0 Å². The summed E-state index contributed by atoms with van der Waals surface area (Å²) in [6.07, 6.45) is 4.72. The molecule has 0 aliphatic carbocycles. The highest BCUT2D eigenvalue weighted by Crippen LogP contribution is 2.37. The molecule has 0 N–H and O–H groups in total. The van der Waals surface area contributed by atoms with Crippen LogP contribution in [0, 0.1) is 12.7 Å². The van der Waals surface area contributed by atoms with E-state index >= 15 is 0 Å². The fraction of sp³-hybridized carbons (Fsp3) is 0.190. The maximum Gasteiger partial charge on any atom is 0.246 e. The quantitative estimate of drug-likeness (QED) is 0.669. The Balaban J connectivity index is 1.92. The second kappa shape index (κ2) is 6.79. The average molecular weight is 362 g/mol. The Morgan fingerprint density at radius 2 is 2.00 bits per heavy atom. The van der Waals surface area contributed by atoms with Gasteiger partial charge in [-0.1, -0.05) is 12.6 Å². The minimum absolute atomic E-state index is 0.119. The molecule has 0 spiro atoms. The molecular formula is C21H19FN4O. The van der Waals surface area contributed by atoms with Crippen LogP contribution >= 0.6 is 0 Å². The fourth-order valence-corrected chi connectivity index (χ4v) is 3.46. The van der Waals surface area contributed by atoms with E-state index in [0.29, 0.717) is 30.9 Å². The van der Waals surface area contributed by atoms with Crippen LogP contribution in [0.4, 0.5) is 4.39 Å². The Labute approximate surface area is 156 Å². The number of nitrogens with zero attached hydrogens (tertiary/aromatic N) is 4. The number of rotatable bonds is 3. The molecule has 0 unspecified atom stereocenters. The van der Waals surface area contributed by atoms with Crippen molar-refractivity contribution >= 4 is 5.91 Å². The standard InChI is InChI=1S/C21H19FN4O/c1-3-19(27)25-10-11-26-18(13-25)20(15-6-8-23-9-7-15)21(24-26)16-5-4-14(2)12-17(16)22/h3-9,12H,1,10-11,13H2,2H3. The fourth-order valence-electron chi connectivity index (χ4n) is 3.46. The van der Waals surface area contributed by atoms with Crippen LogP contribution in [-0.2, 0) is 17.9 Å². The first-order valence-corrected chi connectivity index (χ1v) is 8.76. The molecule has 5 nitrogen and oxygen atoms in total. The smallest absolute Gasteiger partial charge is 0.246 e. The van der Waals surface area contributed by atoms with Gasteiger partial charge in [-0.05, 0) is 48.4 Å². The molecule has 1 aliphatic heterocycles. The average Bonchev–Trinajstić information content (AvgIpc) is 3.06. The van der Waals surface area contributed by atoms with E-state index in [9.17, 15) is 9.18 Å². The lowest BCUT2D eigenvalue weighted by molar-refractivity contribution is -0.127. The van der Waals surface area contributed by atoms with Crippen molar-refractivity contribution in [3.05, 3.63) is 72.5 Å². The van der Waals surface area contributed by atoms with Crippen molar-refractivity contribution in [3.8, 4) is 22.4 Å². The lowest BCUT2D eigenvalue weighted by Crippen LogP contribution is -2.37. The number of hydrogen-bond acceptors (Lipinski definition) is 3. The van der Waals surface area contributed by atoms with Crippen molar-refractivity contribution in [3.63, 3.8) is 0 Å². The van der Waals surface area contributed by atoms with Crippen LogP contribution in [0.2, 0.25) is 0 Å². The third kappa shape index (κ3) is 3.03. The summed E-state index contributed by atoms with van der Waals surface area (Å²) in [4.78, 5) is 17.9. The molecule has 27 heavy (non-hydrogen) atoms. The molecule has 1 amide bonds. The van der Waals surface area contributed by atoms with Crippen LogP contribution in [0.15, 0.2) is 55.4 Å². The number of fused-ring (bicyclic) bond motifs is 1. The summed E-state index contributed by atoms with van der Waals surface area (Å²) < 4.78 is 16.6. The van der Waals surface area contributed by atoms with Crippen LogP contribution in [0.5, 0.6) is 0 Å². The van der Waals surface area contributed by atoms with E-state index in [1.54, 1.807) is 23.4 Å². The molecule has 0 atom stereocenters. The molecule has 4 rings (SSSR count). The Morgan fingerprint density at radius 1 is 1.22 bits per heavy atom. The number of aromatic nitrogens is 3. The molecule has 0 saturated carbocycles. The molecule has 3 heterocycles. The molecule has 1 aromatic carbocycles. The predicted molar refractivity (Wildman–Crippen MR) is 101 cm³/mol. The molecule has 3 aromatic rings. The van der Waals surface area contributed by atoms with Gasteiger partial charge in [0.2, 0.25) is 5.91 Å². The Hall–Kier alpha value is -3.28. The highest BCUT2D eigenvalue weighted by atomic mass is 19.1. The van der Waals surface area contributed by atoms with Crippen LogP contribution in [0.1, 0.15) is 11.3 Å². The monoisotopic (exact) mass is 362 g/mol. The van der Waals surface area contributed by atoms with Gasteiger partial charge >= 0.3 is 0 Å². The first-order chi connectivity index (χ1) is 13.1. The molecule has 1 aliphatic rings. The van der Waals surface area contributed by atoms with Gasteiger partial charge in [-0.25, -0.2) is 4.39 Å². The van der Waals surface area contributed by atoms with Crippen molar-refractivity contribution in [2.45, 2.75) is 20.0 Å². The molecule has 0 fully saturated rings. The number of halogens is 1. The van der Waals surface area contributed by atoms with Crippen LogP contribution in [0.25, 0.3) is 22.4 Å². The van der Waals surface area contributed by atoms with Gasteiger partial charge in [0.25, 0.3) is 0 Å². The normalized spacial score (nSPS) is 13.3. The van der Waals surface area contributed by atoms with Crippen molar-refractivity contribution in [1.82, 2.24) is 19.7 Å². The zero-order valence-corrected chi connectivity index (χ0v) is 15.0. The van der Waals surface area contributed by atoms with E-state index in [1.807, 2.05) is 29.8 Å². The first kappa shape index (κ1) is 17.1. The van der Waals surface area contributed by atoms with E-state index in [4.69, 9.17) is 5.10 Å². The van der Waals surface area contributed by atoms with Gasteiger partial charge in [-0.15, -0.1) is 0 Å². The summed E-state index contributed by atoms with van der Waals surface area (Å²) in [6.45, 7) is 6.94. The molecule has 6 heteroatoms. The topological polar surface area (TPSA) is 51.0 Å². The molecule has 0 saturated heterocycles. The van der Waals surface area contributed by atoms with Gasteiger partial charge in [0.05, 0.1) is 18.8 Å². The Bertz CT molecular complexity index is 1030. The van der Waals surface area contributed by atoms with Gasteiger partial charge in [-0.3, -0.25) is 14.5 Å². The number of aryl methyl sites for hydroxylation is 1. The van der Waals surface area contributed by atoms with Crippen molar-refractivity contribution < 1.29 is 9.18 Å². The number of pyridine rings is 1. The molecule has 136 valence electrons. The zero-order chi connectivity index (χ0) is 19.0. The maximum absolute atomic E-state index is 14.7. The lowest BCUT2D eigenvalue weighted by atomic mass is 9.98. The summed E-state index contributed by atoms with van der Waals surface area (Å²) in [5, 5.41) is 4.70.